The highest BCUT2D eigenvalue weighted by Crippen LogP contribution is 2.27. The number of rotatable bonds is 6. The number of carbonyl (C=O) groups excluding carboxylic acids is 2. The van der Waals surface area contributed by atoms with Crippen LogP contribution in [0.4, 0.5) is 5.69 Å². The summed E-state index contributed by atoms with van der Waals surface area (Å²) in [5, 5.41) is 2.97. The number of anilines is 1. The average molecular weight is 392 g/mol. The van der Waals surface area contributed by atoms with Crippen molar-refractivity contribution in [2.45, 2.75) is 26.4 Å². The number of carbonyl (C=O) groups is 2. The number of fused-ring (bicyclic) bond motifs is 1. The number of hydrogen-bond donors (Lipinski definition) is 1. The van der Waals surface area contributed by atoms with Crippen molar-refractivity contribution in [2.75, 3.05) is 18.6 Å². The summed E-state index contributed by atoms with van der Waals surface area (Å²) in [7, 11) is 1.60. The van der Waals surface area contributed by atoms with Crippen molar-refractivity contribution in [1.29, 1.82) is 0 Å². The van der Waals surface area contributed by atoms with Crippen LogP contribution in [0.1, 0.15) is 19.2 Å². The number of amides is 2. The number of nitrogens with one attached hydrogen (secondary N) is 1. The van der Waals surface area contributed by atoms with E-state index >= 15 is 0 Å². The zero-order valence-electron chi connectivity index (χ0n) is 16.6. The Morgan fingerprint density at radius 1 is 1.21 bits per heavy atom. The van der Waals surface area contributed by atoms with Crippen molar-refractivity contribution in [3.8, 4) is 5.75 Å². The van der Waals surface area contributed by atoms with Crippen molar-refractivity contribution >= 4 is 28.5 Å². The molecule has 4 rings (SSSR count). The minimum Gasteiger partial charge on any atom is -0.497 e. The predicted octanol–water partition coefficient (Wildman–Crippen LogP) is 2.73. The Balaban J connectivity index is 1.42. The second-order valence-electron chi connectivity index (χ2n) is 7.08. The van der Waals surface area contributed by atoms with Crippen LogP contribution in [-0.2, 0) is 22.7 Å². The van der Waals surface area contributed by atoms with E-state index in [1.54, 1.807) is 12.0 Å². The molecule has 0 aliphatic carbocycles. The first-order chi connectivity index (χ1) is 14.1. The van der Waals surface area contributed by atoms with Gasteiger partial charge >= 0.3 is 0 Å². The standard InChI is InChI=1S/C22H24N4O3/c1-3-25-19-7-5-4-6-18(19)24-20(25)13-23-22(28)15-12-21(27)26(14-15)16-8-10-17(29-2)11-9-16/h4-11,15H,3,12-14H2,1-2H3,(H,23,28). The third kappa shape index (κ3) is 3.68. The van der Waals surface area contributed by atoms with Crippen molar-refractivity contribution in [1.82, 2.24) is 14.9 Å². The summed E-state index contributed by atoms with van der Waals surface area (Å²) in [4.78, 5) is 31.4. The normalized spacial score (nSPS) is 16.4. The summed E-state index contributed by atoms with van der Waals surface area (Å²) in [6.45, 7) is 3.55. The number of aryl methyl sites for hydroxylation is 1. The molecule has 2 amide bonds. The average Bonchev–Trinajstić information content (AvgIpc) is 3.32. The first kappa shape index (κ1) is 19.0. The summed E-state index contributed by atoms with van der Waals surface area (Å²) in [5.41, 5.74) is 2.75. The minimum absolute atomic E-state index is 0.0453. The van der Waals surface area contributed by atoms with Gasteiger partial charge in [-0.2, -0.15) is 0 Å². The van der Waals surface area contributed by atoms with Crippen LogP contribution in [0, 0.1) is 5.92 Å². The number of benzene rings is 2. The Morgan fingerprint density at radius 3 is 2.69 bits per heavy atom. The highest BCUT2D eigenvalue weighted by atomic mass is 16.5. The Kier molecular flexibility index (Phi) is 5.20. The molecule has 1 fully saturated rings. The molecule has 1 atom stereocenters. The van der Waals surface area contributed by atoms with Gasteiger partial charge in [0, 0.05) is 25.2 Å². The van der Waals surface area contributed by atoms with Crippen LogP contribution in [0.2, 0.25) is 0 Å². The molecular formula is C22H24N4O3. The zero-order valence-corrected chi connectivity index (χ0v) is 16.6. The maximum Gasteiger partial charge on any atom is 0.227 e. The van der Waals surface area contributed by atoms with Crippen LogP contribution in [0.15, 0.2) is 48.5 Å². The fraction of sp³-hybridized carbons (Fsp3) is 0.318. The fourth-order valence-electron chi connectivity index (χ4n) is 3.82. The van der Waals surface area contributed by atoms with Crippen LogP contribution < -0.4 is 15.0 Å². The number of para-hydroxylation sites is 2. The summed E-state index contributed by atoms with van der Waals surface area (Å²) in [6.07, 6.45) is 0.210. The molecule has 0 saturated carbocycles. The molecule has 1 aliphatic rings. The first-order valence-corrected chi connectivity index (χ1v) is 9.77. The topological polar surface area (TPSA) is 76.5 Å². The van der Waals surface area contributed by atoms with E-state index < -0.39 is 0 Å². The molecule has 0 spiro atoms. The second kappa shape index (κ2) is 7.95. The van der Waals surface area contributed by atoms with Crippen LogP contribution >= 0.6 is 0 Å². The summed E-state index contributed by atoms with van der Waals surface area (Å²) in [5.74, 6) is 1.01. The van der Waals surface area contributed by atoms with Gasteiger partial charge in [0.2, 0.25) is 11.8 Å². The molecule has 1 aromatic heterocycles. The van der Waals surface area contributed by atoms with E-state index in [4.69, 9.17) is 4.74 Å². The van der Waals surface area contributed by atoms with Gasteiger partial charge in [0.1, 0.15) is 11.6 Å². The van der Waals surface area contributed by atoms with Crippen molar-refractivity contribution in [2.24, 2.45) is 5.92 Å². The molecule has 1 N–H and O–H groups in total. The third-order valence-electron chi connectivity index (χ3n) is 5.35. The van der Waals surface area contributed by atoms with Gasteiger partial charge in [-0.1, -0.05) is 12.1 Å². The monoisotopic (exact) mass is 392 g/mol. The highest BCUT2D eigenvalue weighted by molar-refractivity contribution is 6.00. The van der Waals surface area contributed by atoms with Crippen molar-refractivity contribution in [3.05, 3.63) is 54.4 Å². The van der Waals surface area contributed by atoms with Crippen LogP contribution in [0.3, 0.4) is 0 Å². The van der Waals surface area contributed by atoms with Gasteiger partial charge in [-0.25, -0.2) is 4.98 Å². The number of methoxy groups -OCH3 is 1. The molecule has 1 saturated heterocycles. The fourth-order valence-corrected chi connectivity index (χ4v) is 3.82. The van der Waals surface area contributed by atoms with Gasteiger partial charge in [0.15, 0.2) is 0 Å². The van der Waals surface area contributed by atoms with E-state index in [0.29, 0.717) is 13.1 Å². The number of imidazole rings is 1. The van der Waals surface area contributed by atoms with Crippen molar-refractivity contribution < 1.29 is 14.3 Å². The minimum atomic E-state index is -0.371. The largest absolute Gasteiger partial charge is 0.497 e. The van der Waals surface area contributed by atoms with Crippen LogP contribution in [0.5, 0.6) is 5.75 Å². The van der Waals surface area contributed by atoms with E-state index in [0.717, 1.165) is 34.8 Å². The Morgan fingerprint density at radius 2 is 1.97 bits per heavy atom. The number of aromatic nitrogens is 2. The Hall–Kier alpha value is -3.35. The van der Waals surface area contributed by atoms with E-state index in [9.17, 15) is 9.59 Å². The molecule has 1 aliphatic heterocycles. The van der Waals surface area contributed by atoms with Crippen LogP contribution in [-0.4, -0.2) is 35.0 Å². The van der Waals surface area contributed by atoms with Gasteiger partial charge in [0.25, 0.3) is 0 Å². The first-order valence-electron chi connectivity index (χ1n) is 9.77. The zero-order chi connectivity index (χ0) is 20.4. The van der Waals surface area contributed by atoms with Crippen molar-refractivity contribution in [3.63, 3.8) is 0 Å². The van der Waals surface area contributed by atoms with E-state index in [1.165, 1.54) is 0 Å². The van der Waals surface area contributed by atoms with Gasteiger partial charge < -0.3 is 19.5 Å². The molecule has 2 heterocycles. The number of nitrogens with zero attached hydrogens (tertiary/aromatic N) is 3. The molecule has 150 valence electrons. The quantitative estimate of drug-likeness (QED) is 0.700. The number of hydrogen-bond acceptors (Lipinski definition) is 4. The van der Waals surface area contributed by atoms with E-state index in [2.05, 4.69) is 21.8 Å². The molecule has 29 heavy (non-hydrogen) atoms. The molecule has 0 radical (unpaired) electrons. The highest BCUT2D eigenvalue weighted by Gasteiger charge is 2.35. The molecule has 2 aromatic carbocycles. The smallest absolute Gasteiger partial charge is 0.227 e. The maximum atomic E-state index is 12.7. The molecule has 0 bridgehead atoms. The summed E-state index contributed by atoms with van der Waals surface area (Å²) in [6, 6.07) is 15.2. The second-order valence-corrected chi connectivity index (χ2v) is 7.08. The lowest BCUT2D eigenvalue weighted by atomic mass is 10.1. The van der Waals surface area contributed by atoms with Crippen LogP contribution in [0.25, 0.3) is 11.0 Å². The molecule has 3 aromatic rings. The Bertz CT molecular complexity index is 1040. The van der Waals surface area contributed by atoms with Gasteiger partial charge in [0.05, 0.1) is 30.6 Å². The molecule has 7 nitrogen and oxygen atoms in total. The maximum absolute atomic E-state index is 12.7. The third-order valence-corrected chi connectivity index (χ3v) is 5.35. The molecule has 7 heteroatoms. The Labute approximate surface area is 169 Å². The lowest BCUT2D eigenvalue weighted by Gasteiger charge is -2.17. The van der Waals surface area contributed by atoms with Gasteiger partial charge in [-0.3, -0.25) is 9.59 Å². The summed E-state index contributed by atoms with van der Waals surface area (Å²) < 4.78 is 7.25. The SMILES string of the molecule is CCn1c(CNC(=O)C2CC(=O)N(c3ccc(OC)cc3)C2)nc2ccccc21. The van der Waals surface area contributed by atoms with Gasteiger partial charge in [-0.15, -0.1) is 0 Å². The predicted molar refractivity (Wildman–Crippen MR) is 111 cm³/mol. The summed E-state index contributed by atoms with van der Waals surface area (Å²) >= 11 is 0. The van der Waals surface area contributed by atoms with E-state index in [1.807, 2.05) is 48.5 Å². The number of ether oxygens (including phenoxy) is 1. The van der Waals surface area contributed by atoms with E-state index in [-0.39, 0.29) is 24.2 Å². The molecule has 1 unspecified atom stereocenters. The molecular weight excluding hydrogens is 368 g/mol. The lowest BCUT2D eigenvalue weighted by Crippen LogP contribution is -2.33. The van der Waals surface area contributed by atoms with Gasteiger partial charge in [-0.05, 0) is 43.3 Å². The lowest BCUT2D eigenvalue weighted by molar-refractivity contribution is -0.126.